The van der Waals surface area contributed by atoms with Crippen LogP contribution in [-0.2, 0) is 23.1 Å². The Morgan fingerprint density at radius 3 is 2.37 bits per heavy atom. The van der Waals surface area contributed by atoms with Gasteiger partial charge in [0.05, 0.1) is 5.57 Å². The first-order chi connectivity index (χ1) is 13.0. The Morgan fingerprint density at radius 2 is 1.63 bits per heavy atom. The van der Waals surface area contributed by atoms with Crippen LogP contribution in [0.25, 0.3) is 16.5 Å². The molecule has 1 aliphatic heterocycles. The molecular weight excluding hydrogens is 383 g/mol. The van der Waals surface area contributed by atoms with E-state index in [9.17, 15) is 9.59 Å². The topological polar surface area (TPSA) is 42.3 Å². The minimum Gasteiger partial charge on any atom is -0.350 e. The second kappa shape index (κ2) is 6.87. The lowest BCUT2D eigenvalue weighted by atomic mass is 10.1. The van der Waals surface area contributed by atoms with Crippen molar-refractivity contribution in [1.82, 2.24) is 9.47 Å². The molecule has 2 heterocycles. The molecule has 0 unspecified atom stereocenters. The van der Waals surface area contributed by atoms with E-state index in [1.54, 1.807) is 24.3 Å². The van der Waals surface area contributed by atoms with Gasteiger partial charge in [0.25, 0.3) is 11.8 Å². The van der Waals surface area contributed by atoms with Gasteiger partial charge < -0.3 is 4.57 Å². The highest BCUT2D eigenvalue weighted by atomic mass is 35.5. The summed E-state index contributed by atoms with van der Waals surface area (Å²) in [4.78, 5) is 26.6. The standard InChI is InChI=1S/C21H16Cl2N2O2/c1-24-12-14(16-4-2-3-5-17(16)24)10-11-25-20(26)18(19(23)21(25)27)13-6-8-15(22)9-7-13/h2-9,12H,10-11H2,1H3. The monoisotopic (exact) mass is 398 g/mol. The number of nitrogens with zero attached hydrogens (tertiary/aromatic N) is 2. The summed E-state index contributed by atoms with van der Waals surface area (Å²) in [5.74, 6) is -0.820. The van der Waals surface area contributed by atoms with Crippen LogP contribution in [0.5, 0.6) is 0 Å². The molecule has 2 aromatic carbocycles. The molecule has 0 atom stereocenters. The van der Waals surface area contributed by atoms with E-state index < -0.39 is 5.91 Å². The average molecular weight is 399 g/mol. The molecule has 0 N–H and O–H groups in total. The number of carbonyl (C=O) groups excluding carboxylic acids is 2. The zero-order valence-electron chi connectivity index (χ0n) is 14.6. The second-order valence-corrected chi connectivity index (χ2v) is 7.30. The second-order valence-electron chi connectivity index (χ2n) is 6.49. The van der Waals surface area contributed by atoms with Crippen molar-refractivity contribution in [2.24, 2.45) is 7.05 Å². The van der Waals surface area contributed by atoms with Crippen molar-refractivity contribution in [3.63, 3.8) is 0 Å². The van der Waals surface area contributed by atoms with Crippen LogP contribution in [0, 0.1) is 0 Å². The van der Waals surface area contributed by atoms with Crippen LogP contribution in [-0.4, -0.2) is 27.8 Å². The third-order valence-electron chi connectivity index (χ3n) is 4.83. The first-order valence-corrected chi connectivity index (χ1v) is 9.28. The fraction of sp³-hybridized carbons (Fsp3) is 0.143. The lowest BCUT2D eigenvalue weighted by molar-refractivity contribution is -0.136. The number of halogens is 2. The molecule has 0 spiro atoms. The minimum atomic E-state index is -0.452. The van der Waals surface area contributed by atoms with E-state index >= 15 is 0 Å². The fourth-order valence-corrected chi connectivity index (χ4v) is 3.89. The van der Waals surface area contributed by atoms with Crippen LogP contribution in [0.1, 0.15) is 11.1 Å². The van der Waals surface area contributed by atoms with E-state index in [1.165, 1.54) is 4.90 Å². The molecule has 0 fully saturated rings. The van der Waals surface area contributed by atoms with Gasteiger partial charge in [-0.1, -0.05) is 53.5 Å². The van der Waals surface area contributed by atoms with Crippen molar-refractivity contribution in [3.05, 3.63) is 75.9 Å². The van der Waals surface area contributed by atoms with Gasteiger partial charge in [-0.15, -0.1) is 0 Å². The van der Waals surface area contributed by atoms with Gasteiger partial charge in [0, 0.05) is 35.7 Å². The highest BCUT2D eigenvalue weighted by Crippen LogP contribution is 2.32. The van der Waals surface area contributed by atoms with Gasteiger partial charge in [-0.2, -0.15) is 0 Å². The van der Waals surface area contributed by atoms with Crippen LogP contribution in [0.3, 0.4) is 0 Å². The number of hydrogen-bond donors (Lipinski definition) is 0. The minimum absolute atomic E-state index is 0.0414. The normalized spacial score (nSPS) is 14.7. The summed E-state index contributed by atoms with van der Waals surface area (Å²) in [5, 5.41) is 1.64. The summed E-state index contributed by atoms with van der Waals surface area (Å²) in [6.45, 7) is 0.277. The van der Waals surface area contributed by atoms with E-state index in [0.29, 0.717) is 17.0 Å². The van der Waals surface area contributed by atoms with Gasteiger partial charge >= 0.3 is 0 Å². The molecule has 0 radical (unpaired) electrons. The number of imide groups is 1. The largest absolute Gasteiger partial charge is 0.350 e. The Morgan fingerprint density at radius 1 is 0.926 bits per heavy atom. The number of aromatic nitrogens is 1. The molecule has 3 aromatic rings. The molecule has 27 heavy (non-hydrogen) atoms. The number of para-hydroxylation sites is 1. The fourth-order valence-electron chi connectivity index (χ4n) is 3.47. The number of fused-ring (bicyclic) bond motifs is 1. The van der Waals surface area contributed by atoms with Gasteiger partial charge in [-0.25, -0.2) is 0 Å². The molecule has 1 aromatic heterocycles. The maximum Gasteiger partial charge on any atom is 0.273 e. The molecule has 0 bridgehead atoms. The van der Waals surface area contributed by atoms with Crippen molar-refractivity contribution < 1.29 is 9.59 Å². The van der Waals surface area contributed by atoms with Crippen LogP contribution in [0.15, 0.2) is 59.8 Å². The van der Waals surface area contributed by atoms with Crippen molar-refractivity contribution in [1.29, 1.82) is 0 Å². The van der Waals surface area contributed by atoms with Gasteiger partial charge in [-0.3, -0.25) is 14.5 Å². The SMILES string of the molecule is Cn1cc(CCN2C(=O)C(Cl)=C(c3ccc(Cl)cc3)C2=O)c2ccccc21. The Kier molecular flexibility index (Phi) is 4.54. The van der Waals surface area contributed by atoms with E-state index in [2.05, 4.69) is 0 Å². The summed E-state index contributed by atoms with van der Waals surface area (Å²) in [6, 6.07) is 14.8. The Balaban J connectivity index is 1.58. The van der Waals surface area contributed by atoms with Crippen LogP contribution < -0.4 is 0 Å². The number of carbonyl (C=O) groups is 2. The molecule has 6 heteroatoms. The summed E-state index contributed by atoms with van der Waals surface area (Å²) < 4.78 is 2.04. The summed E-state index contributed by atoms with van der Waals surface area (Å²) in [6.07, 6.45) is 2.60. The highest BCUT2D eigenvalue weighted by Gasteiger charge is 2.37. The van der Waals surface area contributed by atoms with Gasteiger partial charge in [-0.05, 0) is 35.7 Å². The van der Waals surface area contributed by atoms with Gasteiger partial charge in [0.2, 0.25) is 0 Å². The lowest BCUT2D eigenvalue weighted by Gasteiger charge is -2.14. The Labute approximate surface area is 166 Å². The maximum absolute atomic E-state index is 12.8. The van der Waals surface area contributed by atoms with E-state index in [1.807, 2.05) is 42.1 Å². The van der Waals surface area contributed by atoms with Crippen LogP contribution in [0.2, 0.25) is 5.02 Å². The molecule has 4 nitrogen and oxygen atoms in total. The zero-order chi connectivity index (χ0) is 19.1. The first kappa shape index (κ1) is 17.8. The average Bonchev–Trinajstić information content (AvgIpc) is 3.09. The van der Waals surface area contributed by atoms with Gasteiger partial charge in [0.15, 0.2) is 0 Å². The zero-order valence-corrected chi connectivity index (χ0v) is 16.1. The molecule has 0 saturated carbocycles. The third-order valence-corrected chi connectivity index (χ3v) is 5.43. The molecule has 4 rings (SSSR count). The molecule has 0 aliphatic carbocycles. The maximum atomic E-state index is 12.8. The van der Waals surface area contributed by atoms with Crippen LogP contribution >= 0.6 is 23.2 Å². The highest BCUT2D eigenvalue weighted by molar-refractivity contribution is 6.55. The number of amides is 2. The van der Waals surface area contributed by atoms with E-state index in [4.69, 9.17) is 23.2 Å². The molecular formula is C21H16Cl2N2O2. The van der Waals surface area contributed by atoms with Crippen molar-refractivity contribution in [2.75, 3.05) is 6.54 Å². The van der Waals surface area contributed by atoms with Crippen LogP contribution in [0.4, 0.5) is 0 Å². The van der Waals surface area contributed by atoms with Crippen molar-refractivity contribution >= 4 is 51.5 Å². The quantitative estimate of drug-likeness (QED) is 0.611. The number of rotatable bonds is 4. The molecule has 2 amide bonds. The summed E-state index contributed by atoms with van der Waals surface area (Å²) in [5.41, 5.74) is 3.03. The number of aryl methyl sites for hydroxylation is 1. The lowest BCUT2D eigenvalue weighted by Crippen LogP contribution is -2.33. The number of benzene rings is 2. The Hall–Kier alpha value is -2.56. The third kappa shape index (κ3) is 3.05. The smallest absolute Gasteiger partial charge is 0.273 e. The number of hydrogen-bond acceptors (Lipinski definition) is 2. The molecule has 1 aliphatic rings. The predicted octanol–water partition coefficient (Wildman–Crippen LogP) is 4.39. The van der Waals surface area contributed by atoms with E-state index in [-0.39, 0.29) is 23.1 Å². The molecule has 0 saturated heterocycles. The summed E-state index contributed by atoms with van der Waals surface area (Å²) in [7, 11) is 1.98. The van der Waals surface area contributed by atoms with E-state index in [0.717, 1.165) is 16.5 Å². The first-order valence-electron chi connectivity index (χ1n) is 8.52. The predicted molar refractivity (Wildman–Crippen MR) is 108 cm³/mol. The molecule has 136 valence electrons. The van der Waals surface area contributed by atoms with Crippen molar-refractivity contribution in [3.8, 4) is 0 Å². The Bertz CT molecular complexity index is 1100. The van der Waals surface area contributed by atoms with Crippen molar-refractivity contribution in [2.45, 2.75) is 6.42 Å². The summed E-state index contributed by atoms with van der Waals surface area (Å²) >= 11 is 12.1. The van der Waals surface area contributed by atoms with Gasteiger partial charge in [0.1, 0.15) is 5.03 Å².